The van der Waals surface area contributed by atoms with Crippen molar-refractivity contribution in [2.24, 2.45) is 0 Å². The van der Waals surface area contributed by atoms with Crippen molar-refractivity contribution in [3.8, 4) is 0 Å². The van der Waals surface area contributed by atoms with Crippen LogP contribution in [-0.4, -0.2) is 67.0 Å². The minimum atomic E-state index is -1.37. The molecule has 2 unspecified atom stereocenters. The molecule has 1 fully saturated rings. The third-order valence-electron chi connectivity index (χ3n) is 3.35. The Balaban J connectivity index is 3.29. The third-order valence-corrected chi connectivity index (χ3v) is 3.35. The summed E-state index contributed by atoms with van der Waals surface area (Å²) in [5, 5.41) is 2.46. The van der Waals surface area contributed by atoms with E-state index in [2.05, 4.69) is 5.32 Å². The van der Waals surface area contributed by atoms with Crippen LogP contribution in [0, 0.1) is 0 Å². The lowest BCUT2D eigenvalue weighted by Gasteiger charge is -2.44. The number of carbonyl (C=O) groups excluding carboxylic acids is 5. The second kappa shape index (κ2) is 9.86. The molecule has 0 spiro atoms. The Kier molecular flexibility index (Phi) is 8.16. The van der Waals surface area contributed by atoms with Crippen LogP contribution in [0.25, 0.3) is 0 Å². The van der Waals surface area contributed by atoms with Crippen LogP contribution in [0.4, 0.5) is 0 Å². The number of nitrogens with one attached hydrogen (secondary N) is 1. The molecule has 5 atom stereocenters. The molecule has 0 radical (unpaired) electrons. The van der Waals surface area contributed by atoms with E-state index in [9.17, 15) is 24.0 Å². The molecule has 27 heavy (non-hydrogen) atoms. The molecule has 0 aromatic rings. The van der Waals surface area contributed by atoms with Gasteiger partial charge >= 0.3 is 23.9 Å². The summed E-state index contributed by atoms with van der Waals surface area (Å²) in [6.07, 6.45) is -4.97. The van der Waals surface area contributed by atoms with E-state index < -0.39 is 60.4 Å². The lowest BCUT2D eigenvalue weighted by molar-refractivity contribution is -0.270. The van der Waals surface area contributed by atoms with E-state index in [0.29, 0.717) is 0 Å². The first-order valence-electron chi connectivity index (χ1n) is 8.08. The minimum Gasteiger partial charge on any atom is -0.463 e. The molecule has 152 valence electrons. The summed E-state index contributed by atoms with van der Waals surface area (Å²) in [7, 11) is 0. The SMILES string of the molecule is CC(=O)NC1[C@@H](OC(C)=O)OC(COC(C)=O)[C@@H](OC(C)=O)[C@@H]1OC(C)=O. The molecule has 0 aliphatic carbocycles. The molecule has 1 aliphatic rings. The molecule has 1 amide bonds. The van der Waals surface area contributed by atoms with E-state index in [1.54, 1.807) is 0 Å². The number of hydrogen-bond acceptors (Lipinski definition) is 10. The summed E-state index contributed by atoms with van der Waals surface area (Å²) < 4.78 is 25.9. The molecule has 1 N–H and O–H groups in total. The zero-order valence-electron chi connectivity index (χ0n) is 15.7. The summed E-state index contributed by atoms with van der Waals surface area (Å²) in [4.78, 5) is 57.2. The first-order chi connectivity index (χ1) is 12.5. The predicted octanol–water partition coefficient (Wildman–Crippen LogP) is -0.794. The van der Waals surface area contributed by atoms with Crippen LogP contribution < -0.4 is 5.32 Å². The van der Waals surface area contributed by atoms with Crippen LogP contribution in [0.5, 0.6) is 0 Å². The second-order valence-corrected chi connectivity index (χ2v) is 5.83. The van der Waals surface area contributed by atoms with E-state index in [4.69, 9.17) is 23.7 Å². The number of ether oxygens (including phenoxy) is 5. The van der Waals surface area contributed by atoms with Crippen molar-refractivity contribution in [3.63, 3.8) is 0 Å². The van der Waals surface area contributed by atoms with Crippen molar-refractivity contribution in [2.75, 3.05) is 6.61 Å². The Morgan fingerprint density at radius 2 is 1.30 bits per heavy atom. The number of carbonyl (C=O) groups is 5. The summed E-state index contributed by atoms with van der Waals surface area (Å²) in [6.45, 7) is 5.36. The summed E-state index contributed by atoms with van der Waals surface area (Å²) in [5.74, 6) is -3.34. The van der Waals surface area contributed by atoms with Gasteiger partial charge in [-0.2, -0.15) is 0 Å². The third kappa shape index (κ3) is 7.21. The molecule has 0 saturated carbocycles. The van der Waals surface area contributed by atoms with Gasteiger partial charge in [-0.15, -0.1) is 0 Å². The zero-order chi connectivity index (χ0) is 20.7. The maximum atomic E-state index is 11.6. The first kappa shape index (κ1) is 22.4. The Morgan fingerprint density at radius 3 is 1.74 bits per heavy atom. The summed E-state index contributed by atoms with van der Waals surface area (Å²) in [6, 6.07) is -1.16. The largest absolute Gasteiger partial charge is 0.463 e. The number of esters is 4. The van der Waals surface area contributed by atoms with Gasteiger partial charge < -0.3 is 29.0 Å². The van der Waals surface area contributed by atoms with Gasteiger partial charge in [-0.25, -0.2) is 0 Å². The normalized spacial score (nSPS) is 27.1. The lowest BCUT2D eigenvalue weighted by Crippen LogP contribution is -2.66. The fourth-order valence-electron chi connectivity index (χ4n) is 2.55. The average molecular weight is 389 g/mol. The van der Waals surface area contributed by atoms with Gasteiger partial charge in [0.25, 0.3) is 0 Å². The Bertz CT molecular complexity index is 604. The van der Waals surface area contributed by atoms with E-state index in [1.165, 1.54) is 6.92 Å². The van der Waals surface area contributed by atoms with Gasteiger partial charge in [-0.1, -0.05) is 0 Å². The van der Waals surface area contributed by atoms with Crippen LogP contribution in [0.15, 0.2) is 0 Å². The lowest BCUT2D eigenvalue weighted by atomic mass is 9.96. The molecule has 1 heterocycles. The highest BCUT2D eigenvalue weighted by atomic mass is 16.7. The highest BCUT2D eigenvalue weighted by molar-refractivity contribution is 5.74. The van der Waals surface area contributed by atoms with Gasteiger partial charge in [0.15, 0.2) is 12.2 Å². The molecule has 1 saturated heterocycles. The fourth-order valence-corrected chi connectivity index (χ4v) is 2.55. The standard InChI is InChI=1S/C16H23NO10/c1-7(18)17-13-15(25-10(4)21)14(24-9(3)20)12(6-23-8(2)19)27-16(13)26-11(5)22/h12-16H,6H2,1-5H3,(H,17,18)/t12?,13?,14-,15-,16+/m1/s1. The fraction of sp³-hybridized carbons (Fsp3) is 0.688. The Morgan fingerprint density at radius 1 is 0.778 bits per heavy atom. The van der Waals surface area contributed by atoms with Crippen LogP contribution >= 0.6 is 0 Å². The molecule has 0 aromatic carbocycles. The number of rotatable bonds is 6. The Labute approximate surface area is 155 Å². The van der Waals surface area contributed by atoms with Crippen molar-refractivity contribution >= 4 is 29.8 Å². The van der Waals surface area contributed by atoms with Crippen molar-refractivity contribution < 1.29 is 47.7 Å². The van der Waals surface area contributed by atoms with E-state index in [0.717, 1.165) is 27.7 Å². The molecular weight excluding hydrogens is 366 g/mol. The van der Waals surface area contributed by atoms with Gasteiger partial charge in [0.05, 0.1) is 0 Å². The quantitative estimate of drug-likeness (QED) is 0.453. The highest BCUT2D eigenvalue weighted by Gasteiger charge is 2.52. The van der Waals surface area contributed by atoms with Crippen molar-refractivity contribution in [1.82, 2.24) is 5.32 Å². The maximum Gasteiger partial charge on any atom is 0.305 e. The number of amides is 1. The van der Waals surface area contributed by atoms with Crippen molar-refractivity contribution in [2.45, 2.75) is 65.3 Å². The molecule has 11 nitrogen and oxygen atoms in total. The molecule has 0 bridgehead atoms. The van der Waals surface area contributed by atoms with Crippen molar-refractivity contribution in [1.29, 1.82) is 0 Å². The zero-order valence-corrected chi connectivity index (χ0v) is 15.7. The topological polar surface area (TPSA) is 144 Å². The van der Waals surface area contributed by atoms with E-state index >= 15 is 0 Å². The molecule has 1 aliphatic heterocycles. The monoisotopic (exact) mass is 389 g/mol. The van der Waals surface area contributed by atoms with E-state index in [1.807, 2.05) is 0 Å². The van der Waals surface area contributed by atoms with Gasteiger partial charge in [-0.3, -0.25) is 24.0 Å². The van der Waals surface area contributed by atoms with Gasteiger partial charge in [0.1, 0.15) is 18.8 Å². The maximum absolute atomic E-state index is 11.6. The minimum absolute atomic E-state index is 0.365. The van der Waals surface area contributed by atoms with Gasteiger partial charge in [0.2, 0.25) is 12.2 Å². The van der Waals surface area contributed by atoms with Gasteiger partial charge in [0, 0.05) is 34.6 Å². The predicted molar refractivity (Wildman–Crippen MR) is 85.8 cm³/mol. The average Bonchev–Trinajstić information content (AvgIpc) is 2.49. The van der Waals surface area contributed by atoms with Crippen LogP contribution in [0.3, 0.4) is 0 Å². The van der Waals surface area contributed by atoms with Crippen LogP contribution in [-0.2, 0) is 47.7 Å². The summed E-state index contributed by atoms with van der Waals surface area (Å²) >= 11 is 0. The van der Waals surface area contributed by atoms with Crippen molar-refractivity contribution in [3.05, 3.63) is 0 Å². The van der Waals surface area contributed by atoms with Crippen LogP contribution in [0.1, 0.15) is 34.6 Å². The molecule has 0 aromatic heterocycles. The van der Waals surface area contributed by atoms with E-state index in [-0.39, 0.29) is 6.61 Å². The first-order valence-corrected chi connectivity index (χ1v) is 8.08. The second-order valence-electron chi connectivity index (χ2n) is 5.83. The number of hydrogen-bond donors (Lipinski definition) is 1. The molecule has 11 heteroatoms. The van der Waals surface area contributed by atoms with Gasteiger partial charge in [-0.05, 0) is 0 Å². The smallest absolute Gasteiger partial charge is 0.305 e. The highest BCUT2D eigenvalue weighted by Crippen LogP contribution is 2.28. The summed E-state index contributed by atoms with van der Waals surface area (Å²) in [5.41, 5.74) is 0. The molecular formula is C16H23NO10. The molecule has 1 rings (SSSR count). The van der Waals surface area contributed by atoms with Crippen LogP contribution in [0.2, 0.25) is 0 Å². The Hall–Kier alpha value is -2.69.